The Morgan fingerprint density at radius 2 is 1.84 bits per heavy atom. The summed E-state index contributed by atoms with van der Waals surface area (Å²) in [6.07, 6.45) is 4.29. The lowest BCUT2D eigenvalue weighted by Crippen LogP contribution is -2.44. The summed E-state index contributed by atoms with van der Waals surface area (Å²) >= 11 is 0. The average molecular weight is 441 g/mol. The van der Waals surface area contributed by atoms with Crippen LogP contribution in [0.3, 0.4) is 0 Å². The van der Waals surface area contributed by atoms with Crippen LogP contribution in [-0.2, 0) is 21.2 Å². The van der Waals surface area contributed by atoms with Crippen LogP contribution in [0.2, 0.25) is 0 Å². The van der Waals surface area contributed by atoms with E-state index in [1.54, 1.807) is 18.4 Å². The van der Waals surface area contributed by atoms with E-state index in [9.17, 15) is 13.2 Å². The zero-order valence-electron chi connectivity index (χ0n) is 17.7. The molecule has 6 nitrogen and oxygen atoms in total. The summed E-state index contributed by atoms with van der Waals surface area (Å²) < 4.78 is 33.0. The van der Waals surface area contributed by atoms with Gasteiger partial charge >= 0.3 is 0 Å². The van der Waals surface area contributed by atoms with Crippen molar-refractivity contribution >= 4 is 26.7 Å². The topological polar surface area (TPSA) is 79.6 Å². The summed E-state index contributed by atoms with van der Waals surface area (Å²) in [7, 11) is -3.57. The summed E-state index contributed by atoms with van der Waals surface area (Å²) in [6, 6.07) is 16.8. The van der Waals surface area contributed by atoms with E-state index in [4.69, 9.17) is 4.42 Å². The number of piperidine rings is 1. The van der Waals surface area contributed by atoms with Crippen molar-refractivity contribution in [1.82, 2.24) is 9.62 Å². The fraction of sp³-hybridized carbons (Fsp3) is 0.375. The minimum absolute atomic E-state index is 0.00898. The minimum atomic E-state index is -3.57. The molecule has 0 radical (unpaired) electrons. The average Bonchev–Trinajstić information content (AvgIpc) is 3.31. The molecule has 164 valence electrons. The van der Waals surface area contributed by atoms with Crippen LogP contribution in [0.1, 0.15) is 31.9 Å². The molecule has 1 aliphatic rings. The maximum absolute atomic E-state index is 13.1. The molecule has 0 unspecified atom stereocenters. The molecule has 0 aliphatic carbocycles. The summed E-state index contributed by atoms with van der Waals surface area (Å²) in [6.45, 7) is 2.70. The molecule has 1 fully saturated rings. The first-order valence-corrected chi connectivity index (χ1v) is 12.2. The summed E-state index contributed by atoms with van der Waals surface area (Å²) in [5.41, 5.74) is 0. The number of sulfonamides is 1. The number of nitrogens with one attached hydrogen (secondary N) is 1. The van der Waals surface area contributed by atoms with Crippen LogP contribution in [0.25, 0.3) is 10.8 Å². The molecule has 1 N–H and O–H groups in total. The van der Waals surface area contributed by atoms with Crippen molar-refractivity contribution < 1.29 is 17.6 Å². The number of aryl methyl sites for hydroxylation is 1. The molecule has 1 atom stereocenters. The fourth-order valence-corrected chi connectivity index (χ4v) is 5.59. The molecule has 2 aromatic carbocycles. The molecule has 0 saturated carbocycles. The molecular weight excluding hydrogens is 412 g/mol. The highest BCUT2D eigenvalue weighted by molar-refractivity contribution is 7.89. The van der Waals surface area contributed by atoms with E-state index < -0.39 is 10.0 Å². The maximum Gasteiger partial charge on any atom is 0.243 e. The Hall–Kier alpha value is -2.64. The van der Waals surface area contributed by atoms with Gasteiger partial charge in [-0.2, -0.15) is 4.31 Å². The number of nitrogens with zero attached hydrogens (tertiary/aromatic N) is 1. The Balaban J connectivity index is 1.32. The van der Waals surface area contributed by atoms with Gasteiger partial charge in [0.1, 0.15) is 5.76 Å². The number of hydrogen-bond acceptors (Lipinski definition) is 4. The predicted molar refractivity (Wildman–Crippen MR) is 120 cm³/mol. The normalized spacial score (nSPS) is 16.9. The standard InChI is InChI=1S/C24H28N2O4S/c1-18(8-10-22-7-4-16-30-22)25-24(27)20-12-14-26(15-13-20)31(28,29)23-11-9-19-5-2-3-6-21(19)17-23/h2-7,9,11,16-18,20H,8,10,12-15H2,1H3,(H,25,27)/t18-/m1/s1. The molecule has 1 aliphatic heterocycles. The lowest BCUT2D eigenvalue weighted by atomic mass is 9.96. The highest BCUT2D eigenvalue weighted by Gasteiger charge is 2.32. The summed E-state index contributed by atoms with van der Waals surface area (Å²) in [5.74, 6) is 0.761. The molecule has 0 spiro atoms. The van der Waals surface area contributed by atoms with Gasteiger partial charge in [0.15, 0.2) is 0 Å². The zero-order chi connectivity index (χ0) is 21.8. The molecule has 7 heteroatoms. The predicted octanol–water partition coefficient (Wildman–Crippen LogP) is 3.97. The van der Waals surface area contributed by atoms with Crippen LogP contribution in [-0.4, -0.2) is 37.8 Å². The van der Waals surface area contributed by atoms with Crippen molar-refractivity contribution in [3.63, 3.8) is 0 Å². The Bertz CT molecular complexity index is 1130. The zero-order valence-corrected chi connectivity index (χ0v) is 18.5. The second-order valence-corrected chi connectivity index (χ2v) is 10.2. The molecule has 4 rings (SSSR count). The van der Waals surface area contributed by atoms with E-state index in [1.807, 2.05) is 49.4 Å². The Labute approximate surface area is 183 Å². The molecule has 3 aromatic rings. The fourth-order valence-electron chi connectivity index (χ4n) is 4.08. The van der Waals surface area contributed by atoms with Gasteiger partial charge in [0.05, 0.1) is 11.2 Å². The first-order valence-electron chi connectivity index (χ1n) is 10.8. The Kier molecular flexibility index (Phi) is 6.43. The molecular formula is C24H28N2O4S. The number of rotatable bonds is 7. The van der Waals surface area contributed by atoms with Gasteiger partial charge in [-0.1, -0.05) is 30.3 Å². The number of fused-ring (bicyclic) bond motifs is 1. The molecule has 0 bridgehead atoms. The van der Waals surface area contributed by atoms with Gasteiger partial charge in [-0.05, 0) is 61.2 Å². The molecule has 1 amide bonds. The number of benzene rings is 2. The molecule has 1 aromatic heterocycles. The van der Waals surface area contributed by atoms with Crippen molar-refractivity contribution in [2.24, 2.45) is 5.92 Å². The Morgan fingerprint density at radius 3 is 2.55 bits per heavy atom. The van der Waals surface area contributed by atoms with E-state index in [2.05, 4.69) is 5.32 Å². The largest absolute Gasteiger partial charge is 0.469 e. The van der Waals surface area contributed by atoms with Crippen molar-refractivity contribution in [1.29, 1.82) is 0 Å². The van der Waals surface area contributed by atoms with Gasteiger partial charge in [-0.15, -0.1) is 0 Å². The third-order valence-electron chi connectivity index (χ3n) is 5.98. The van der Waals surface area contributed by atoms with Crippen molar-refractivity contribution in [3.8, 4) is 0 Å². The number of hydrogen-bond donors (Lipinski definition) is 1. The van der Waals surface area contributed by atoms with Crippen LogP contribution in [0, 0.1) is 5.92 Å². The second kappa shape index (κ2) is 9.24. The molecule has 2 heterocycles. The van der Waals surface area contributed by atoms with Crippen LogP contribution >= 0.6 is 0 Å². The second-order valence-electron chi connectivity index (χ2n) is 8.21. The maximum atomic E-state index is 13.1. The van der Waals surface area contributed by atoms with E-state index in [0.717, 1.165) is 29.4 Å². The lowest BCUT2D eigenvalue weighted by molar-refractivity contribution is -0.126. The minimum Gasteiger partial charge on any atom is -0.469 e. The van der Waals surface area contributed by atoms with Crippen LogP contribution in [0.4, 0.5) is 0 Å². The van der Waals surface area contributed by atoms with Gasteiger partial charge in [-0.25, -0.2) is 8.42 Å². The number of carbonyl (C=O) groups is 1. The van der Waals surface area contributed by atoms with Gasteiger partial charge in [0, 0.05) is 31.5 Å². The van der Waals surface area contributed by atoms with Crippen molar-refractivity contribution in [3.05, 3.63) is 66.6 Å². The summed E-state index contributed by atoms with van der Waals surface area (Å²) in [5, 5.41) is 4.98. The third-order valence-corrected chi connectivity index (χ3v) is 7.87. The van der Waals surface area contributed by atoms with E-state index >= 15 is 0 Å². The van der Waals surface area contributed by atoms with Gasteiger partial charge in [0.2, 0.25) is 15.9 Å². The van der Waals surface area contributed by atoms with Crippen LogP contribution in [0.15, 0.2) is 70.2 Å². The van der Waals surface area contributed by atoms with Crippen molar-refractivity contribution in [2.75, 3.05) is 13.1 Å². The molecule has 1 saturated heterocycles. The number of amides is 1. The SMILES string of the molecule is C[C@H](CCc1ccco1)NC(=O)C1CCN(S(=O)(=O)c2ccc3ccccc3c2)CC1. The van der Waals surface area contributed by atoms with Crippen LogP contribution < -0.4 is 5.32 Å². The van der Waals surface area contributed by atoms with Gasteiger partial charge in [0.25, 0.3) is 0 Å². The monoisotopic (exact) mass is 440 g/mol. The van der Waals surface area contributed by atoms with E-state index in [1.165, 1.54) is 4.31 Å². The summed E-state index contributed by atoms with van der Waals surface area (Å²) in [4.78, 5) is 12.9. The van der Waals surface area contributed by atoms with E-state index in [0.29, 0.717) is 30.8 Å². The number of furan rings is 1. The van der Waals surface area contributed by atoms with E-state index in [-0.39, 0.29) is 17.9 Å². The first kappa shape index (κ1) is 21.6. The third kappa shape index (κ3) is 4.99. The molecule has 31 heavy (non-hydrogen) atoms. The lowest BCUT2D eigenvalue weighted by Gasteiger charge is -2.31. The highest BCUT2D eigenvalue weighted by Crippen LogP contribution is 2.26. The van der Waals surface area contributed by atoms with Gasteiger partial charge in [-0.3, -0.25) is 4.79 Å². The first-order chi connectivity index (χ1) is 14.9. The Morgan fingerprint density at radius 1 is 1.10 bits per heavy atom. The quantitative estimate of drug-likeness (QED) is 0.603. The van der Waals surface area contributed by atoms with Gasteiger partial charge < -0.3 is 9.73 Å². The van der Waals surface area contributed by atoms with Crippen LogP contribution in [0.5, 0.6) is 0 Å². The highest BCUT2D eigenvalue weighted by atomic mass is 32.2. The van der Waals surface area contributed by atoms with Crippen molar-refractivity contribution in [2.45, 2.75) is 43.5 Å². The smallest absolute Gasteiger partial charge is 0.243 e. The number of carbonyl (C=O) groups excluding carboxylic acids is 1.